The van der Waals surface area contributed by atoms with Crippen molar-refractivity contribution < 1.29 is 14.7 Å². The number of carbonyl (C=O) groups is 2. The van der Waals surface area contributed by atoms with Crippen molar-refractivity contribution in [2.75, 3.05) is 0 Å². The first kappa shape index (κ1) is 15.5. The van der Waals surface area contributed by atoms with Gasteiger partial charge in [0.25, 0.3) is 0 Å². The number of fused-ring (bicyclic) bond motifs is 1. The van der Waals surface area contributed by atoms with Crippen molar-refractivity contribution in [3.8, 4) is 0 Å². The number of rotatable bonds is 5. The lowest BCUT2D eigenvalue weighted by molar-refractivity contribution is -0.143. The van der Waals surface area contributed by atoms with E-state index in [1.165, 1.54) is 5.56 Å². The maximum absolute atomic E-state index is 12.3. The zero-order valence-corrected chi connectivity index (χ0v) is 12.8. The Morgan fingerprint density at radius 3 is 2.86 bits per heavy atom. The summed E-state index contributed by atoms with van der Waals surface area (Å²) < 4.78 is 1.80. The van der Waals surface area contributed by atoms with Crippen molar-refractivity contribution in [3.63, 3.8) is 0 Å². The highest BCUT2D eigenvalue weighted by Crippen LogP contribution is 2.25. The average molecular weight is 293 g/mol. The van der Waals surface area contributed by atoms with Crippen LogP contribution in [0, 0.1) is 11.8 Å². The molecule has 0 fully saturated rings. The largest absolute Gasteiger partial charge is 0.480 e. The number of aryl methyl sites for hydroxylation is 2. The fraction of sp³-hybridized carbons (Fsp3) is 0.667. The highest BCUT2D eigenvalue weighted by molar-refractivity contribution is 5.85. The standard InChI is InChI=1S/C15H23N3O3/c1-9(2)6-12(15(20)21)17-14(19)10-4-5-11-8-16-18(3)13(11)7-10/h8-10,12H,4-7H2,1-3H3,(H,17,19)(H,20,21)/t10?,12-/m1/s1. The van der Waals surface area contributed by atoms with Crippen LogP contribution in [0.3, 0.4) is 0 Å². The maximum Gasteiger partial charge on any atom is 0.326 e. The molecule has 116 valence electrons. The van der Waals surface area contributed by atoms with Crippen molar-refractivity contribution in [3.05, 3.63) is 17.5 Å². The van der Waals surface area contributed by atoms with E-state index in [-0.39, 0.29) is 17.7 Å². The van der Waals surface area contributed by atoms with Gasteiger partial charge >= 0.3 is 5.97 Å². The number of aromatic nitrogens is 2. The van der Waals surface area contributed by atoms with Gasteiger partial charge in [0, 0.05) is 25.1 Å². The van der Waals surface area contributed by atoms with E-state index in [0.29, 0.717) is 12.8 Å². The number of nitrogens with one attached hydrogen (secondary N) is 1. The molecule has 1 heterocycles. The van der Waals surface area contributed by atoms with Crippen LogP contribution >= 0.6 is 0 Å². The molecule has 1 aliphatic carbocycles. The molecule has 0 bridgehead atoms. The van der Waals surface area contributed by atoms with E-state index in [9.17, 15) is 14.7 Å². The van der Waals surface area contributed by atoms with E-state index in [1.807, 2.05) is 27.1 Å². The molecule has 1 unspecified atom stereocenters. The Bertz CT molecular complexity index is 536. The molecule has 0 aliphatic heterocycles. The number of amides is 1. The van der Waals surface area contributed by atoms with E-state index in [4.69, 9.17) is 0 Å². The molecule has 6 heteroatoms. The van der Waals surface area contributed by atoms with Crippen LogP contribution in [0.4, 0.5) is 0 Å². The first-order valence-electron chi connectivity index (χ1n) is 7.41. The Morgan fingerprint density at radius 2 is 2.24 bits per heavy atom. The second-order valence-electron chi connectivity index (χ2n) is 6.21. The zero-order chi connectivity index (χ0) is 15.6. The Hall–Kier alpha value is -1.85. The maximum atomic E-state index is 12.3. The van der Waals surface area contributed by atoms with E-state index >= 15 is 0 Å². The van der Waals surface area contributed by atoms with Crippen molar-refractivity contribution in [2.24, 2.45) is 18.9 Å². The third-order valence-electron chi connectivity index (χ3n) is 4.04. The summed E-state index contributed by atoms with van der Waals surface area (Å²) in [4.78, 5) is 23.6. The van der Waals surface area contributed by atoms with Gasteiger partial charge in [0.05, 0.1) is 6.20 Å². The minimum absolute atomic E-state index is 0.157. The number of aliphatic carboxylic acids is 1. The first-order valence-corrected chi connectivity index (χ1v) is 7.41. The normalized spacial score (nSPS) is 19.1. The van der Waals surface area contributed by atoms with Crippen LogP contribution in [0.15, 0.2) is 6.20 Å². The molecule has 6 nitrogen and oxygen atoms in total. The topological polar surface area (TPSA) is 84.2 Å². The van der Waals surface area contributed by atoms with Crippen molar-refractivity contribution >= 4 is 11.9 Å². The van der Waals surface area contributed by atoms with E-state index in [1.54, 1.807) is 4.68 Å². The molecule has 21 heavy (non-hydrogen) atoms. The highest BCUT2D eigenvalue weighted by atomic mass is 16.4. The predicted molar refractivity (Wildman–Crippen MR) is 77.7 cm³/mol. The zero-order valence-electron chi connectivity index (χ0n) is 12.8. The molecule has 0 saturated heterocycles. The number of nitrogens with zero attached hydrogens (tertiary/aromatic N) is 2. The van der Waals surface area contributed by atoms with Crippen LogP contribution in [0.1, 0.15) is 37.9 Å². The predicted octanol–water partition coefficient (Wildman–Crippen LogP) is 1.14. The van der Waals surface area contributed by atoms with Gasteiger partial charge in [0.1, 0.15) is 6.04 Å². The molecule has 1 aliphatic rings. The third kappa shape index (κ3) is 3.62. The van der Waals surface area contributed by atoms with Gasteiger partial charge < -0.3 is 10.4 Å². The summed E-state index contributed by atoms with van der Waals surface area (Å²) in [7, 11) is 1.87. The van der Waals surface area contributed by atoms with Crippen LogP contribution in [0.25, 0.3) is 0 Å². The van der Waals surface area contributed by atoms with E-state index < -0.39 is 12.0 Å². The summed E-state index contributed by atoms with van der Waals surface area (Å²) in [6.07, 6.45) is 4.50. The lowest BCUT2D eigenvalue weighted by atomic mass is 9.87. The van der Waals surface area contributed by atoms with Crippen molar-refractivity contribution in [2.45, 2.75) is 45.6 Å². The van der Waals surface area contributed by atoms with Crippen LogP contribution in [0.2, 0.25) is 0 Å². The molecule has 1 aromatic heterocycles. The lowest BCUT2D eigenvalue weighted by Crippen LogP contribution is -2.45. The van der Waals surface area contributed by atoms with Gasteiger partial charge in [-0.2, -0.15) is 5.10 Å². The van der Waals surface area contributed by atoms with Gasteiger partial charge in [0.2, 0.25) is 5.91 Å². The van der Waals surface area contributed by atoms with Gasteiger partial charge in [-0.3, -0.25) is 9.48 Å². The minimum Gasteiger partial charge on any atom is -0.480 e. The molecule has 1 aromatic rings. The van der Waals surface area contributed by atoms with Crippen LogP contribution in [-0.2, 0) is 29.5 Å². The van der Waals surface area contributed by atoms with Gasteiger partial charge in [-0.25, -0.2) is 4.79 Å². The molecule has 0 saturated carbocycles. The molecule has 2 rings (SSSR count). The fourth-order valence-electron chi connectivity index (χ4n) is 2.85. The first-order chi connectivity index (χ1) is 9.88. The monoisotopic (exact) mass is 293 g/mol. The summed E-state index contributed by atoms with van der Waals surface area (Å²) in [6.45, 7) is 3.90. The molecule has 2 N–H and O–H groups in total. The molecule has 1 amide bonds. The highest BCUT2D eigenvalue weighted by Gasteiger charge is 2.30. The molecular formula is C15H23N3O3. The number of hydrogen-bond acceptors (Lipinski definition) is 3. The minimum atomic E-state index is -0.964. The summed E-state index contributed by atoms with van der Waals surface area (Å²) >= 11 is 0. The SMILES string of the molecule is CC(C)C[C@@H](NC(=O)C1CCc2cnn(C)c2C1)C(=O)O. The fourth-order valence-corrected chi connectivity index (χ4v) is 2.85. The third-order valence-corrected chi connectivity index (χ3v) is 4.04. The Morgan fingerprint density at radius 1 is 1.52 bits per heavy atom. The van der Waals surface area contributed by atoms with Gasteiger partial charge in [-0.1, -0.05) is 13.8 Å². The summed E-state index contributed by atoms with van der Waals surface area (Å²) in [6, 6.07) is -0.801. The van der Waals surface area contributed by atoms with Gasteiger partial charge in [-0.15, -0.1) is 0 Å². The Balaban J connectivity index is 2.01. The van der Waals surface area contributed by atoms with Crippen LogP contribution in [-0.4, -0.2) is 32.8 Å². The molecule has 0 aromatic carbocycles. The Labute approximate surface area is 124 Å². The second-order valence-corrected chi connectivity index (χ2v) is 6.21. The van der Waals surface area contributed by atoms with Gasteiger partial charge in [-0.05, 0) is 30.7 Å². The summed E-state index contributed by atoms with van der Waals surface area (Å²) in [5.41, 5.74) is 2.27. The Kier molecular flexibility index (Phi) is 4.65. The number of carboxylic acid groups (broad SMARTS) is 1. The molecule has 0 radical (unpaired) electrons. The number of hydrogen-bond donors (Lipinski definition) is 2. The summed E-state index contributed by atoms with van der Waals surface area (Å²) in [5.74, 6) is -1.06. The molecule has 0 spiro atoms. The van der Waals surface area contributed by atoms with E-state index in [0.717, 1.165) is 18.5 Å². The molecular weight excluding hydrogens is 270 g/mol. The van der Waals surface area contributed by atoms with Crippen molar-refractivity contribution in [1.29, 1.82) is 0 Å². The lowest BCUT2D eigenvalue weighted by Gasteiger charge is -2.24. The van der Waals surface area contributed by atoms with Crippen LogP contribution < -0.4 is 5.32 Å². The summed E-state index contributed by atoms with van der Waals surface area (Å²) in [5, 5.41) is 16.1. The number of carboxylic acids is 1. The van der Waals surface area contributed by atoms with Crippen LogP contribution in [0.5, 0.6) is 0 Å². The van der Waals surface area contributed by atoms with Crippen molar-refractivity contribution in [1.82, 2.24) is 15.1 Å². The number of carbonyl (C=O) groups excluding carboxylic acids is 1. The average Bonchev–Trinajstić information content (AvgIpc) is 2.78. The second kappa shape index (κ2) is 6.28. The smallest absolute Gasteiger partial charge is 0.326 e. The van der Waals surface area contributed by atoms with E-state index in [2.05, 4.69) is 10.4 Å². The van der Waals surface area contributed by atoms with Gasteiger partial charge in [0.15, 0.2) is 0 Å². The quantitative estimate of drug-likeness (QED) is 0.852. The molecule has 2 atom stereocenters.